The Morgan fingerprint density at radius 1 is 1.09 bits per heavy atom. The molecule has 1 unspecified atom stereocenters. The van der Waals surface area contributed by atoms with Crippen LogP contribution in [-0.2, 0) is 5.60 Å². The van der Waals surface area contributed by atoms with Crippen LogP contribution in [0.1, 0.15) is 39.9 Å². The molecule has 0 aromatic heterocycles. The van der Waals surface area contributed by atoms with E-state index in [2.05, 4.69) is 0 Å². The lowest BCUT2D eigenvalue weighted by molar-refractivity contribution is -0.0289. The average molecular weight is 309 g/mol. The molecule has 1 N–H and O–H groups in total. The number of aliphatic hydroxyl groups is 1. The van der Waals surface area contributed by atoms with Gasteiger partial charge >= 0.3 is 0 Å². The molecule has 0 radical (unpaired) electrons. The van der Waals surface area contributed by atoms with Gasteiger partial charge in [-0.1, -0.05) is 36.4 Å². The monoisotopic (exact) mass is 309 g/mol. The SMILES string of the molecule is Cc1ccc(C(=O)N2CCCC(O)(c3ccccc3)C2)cc1C. The van der Waals surface area contributed by atoms with Crippen LogP contribution >= 0.6 is 0 Å². The third kappa shape index (κ3) is 3.15. The highest BCUT2D eigenvalue weighted by Gasteiger charge is 2.36. The summed E-state index contributed by atoms with van der Waals surface area (Å²) in [5.74, 6) is 0.00200. The normalized spacial score (nSPS) is 21.3. The minimum atomic E-state index is -0.949. The average Bonchev–Trinajstić information content (AvgIpc) is 2.57. The summed E-state index contributed by atoms with van der Waals surface area (Å²) in [5.41, 5.74) is 2.93. The first-order valence-corrected chi connectivity index (χ1v) is 8.14. The fraction of sp³-hybridized carbons (Fsp3) is 0.350. The third-order valence-corrected chi connectivity index (χ3v) is 4.82. The first-order chi connectivity index (χ1) is 11.0. The number of hydrogen-bond acceptors (Lipinski definition) is 2. The summed E-state index contributed by atoms with van der Waals surface area (Å²) < 4.78 is 0. The molecular weight excluding hydrogens is 286 g/mol. The molecule has 1 atom stereocenters. The standard InChI is InChI=1S/C20H23NO2/c1-15-9-10-17(13-16(15)2)19(22)21-12-6-11-20(23,14-21)18-7-4-3-5-8-18/h3-5,7-10,13,23H,6,11-12,14H2,1-2H3. The second kappa shape index (κ2) is 6.17. The zero-order valence-electron chi connectivity index (χ0n) is 13.7. The van der Waals surface area contributed by atoms with Crippen LogP contribution in [0.2, 0.25) is 0 Å². The van der Waals surface area contributed by atoms with Crippen molar-refractivity contribution < 1.29 is 9.90 Å². The van der Waals surface area contributed by atoms with Crippen LogP contribution < -0.4 is 0 Å². The van der Waals surface area contributed by atoms with Crippen molar-refractivity contribution in [2.45, 2.75) is 32.3 Å². The Labute approximate surface area is 137 Å². The van der Waals surface area contributed by atoms with E-state index in [1.807, 2.05) is 62.4 Å². The minimum Gasteiger partial charge on any atom is -0.383 e. The number of carbonyl (C=O) groups is 1. The molecule has 3 rings (SSSR count). The molecule has 1 aliphatic rings. The van der Waals surface area contributed by atoms with Gasteiger partial charge in [0.2, 0.25) is 0 Å². The molecule has 1 aliphatic heterocycles. The number of likely N-dealkylation sites (tertiary alicyclic amines) is 1. The molecule has 1 saturated heterocycles. The van der Waals surface area contributed by atoms with Crippen molar-refractivity contribution in [2.24, 2.45) is 0 Å². The van der Waals surface area contributed by atoms with Gasteiger partial charge in [0.1, 0.15) is 5.60 Å². The van der Waals surface area contributed by atoms with Gasteiger partial charge in [0.05, 0.1) is 6.54 Å². The Balaban J connectivity index is 1.83. The van der Waals surface area contributed by atoms with Gasteiger partial charge in [-0.25, -0.2) is 0 Å². The first kappa shape index (κ1) is 15.8. The van der Waals surface area contributed by atoms with Gasteiger partial charge in [-0.2, -0.15) is 0 Å². The van der Waals surface area contributed by atoms with E-state index in [9.17, 15) is 9.90 Å². The van der Waals surface area contributed by atoms with Gasteiger partial charge < -0.3 is 10.0 Å². The first-order valence-electron chi connectivity index (χ1n) is 8.14. The highest BCUT2D eigenvalue weighted by molar-refractivity contribution is 5.94. The van der Waals surface area contributed by atoms with Crippen molar-refractivity contribution in [1.29, 1.82) is 0 Å². The minimum absolute atomic E-state index is 0.00200. The smallest absolute Gasteiger partial charge is 0.253 e. The van der Waals surface area contributed by atoms with Crippen LogP contribution in [0.5, 0.6) is 0 Å². The van der Waals surface area contributed by atoms with Crippen LogP contribution in [-0.4, -0.2) is 29.0 Å². The molecule has 3 heteroatoms. The van der Waals surface area contributed by atoms with E-state index in [0.29, 0.717) is 25.1 Å². The Bertz CT molecular complexity index is 711. The predicted octanol–water partition coefficient (Wildman–Crippen LogP) is 3.43. The molecule has 3 nitrogen and oxygen atoms in total. The lowest BCUT2D eigenvalue weighted by Gasteiger charge is -2.39. The largest absolute Gasteiger partial charge is 0.383 e. The van der Waals surface area contributed by atoms with E-state index < -0.39 is 5.60 Å². The fourth-order valence-corrected chi connectivity index (χ4v) is 3.25. The second-order valence-corrected chi connectivity index (χ2v) is 6.53. The Hall–Kier alpha value is -2.13. The molecule has 0 saturated carbocycles. The summed E-state index contributed by atoms with van der Waals surface area (Å²) in [6.07, 6.45) is 1.50. The molecular formula is C20H23NO2. The van der Waals surface area contributed by atoms with E-state index >= 15 is 0 Å². The molecule has 0 bridgehead atoms. The third-order valence-electron chi connectivity index (χ3n) is 4.82. The fourth-order valence-electron chi connectivity index (χ4n) is 3.25. The van der Waals surface area contributed by atoms with E-state index in [1.165, 1.54) is 5.56 Å². The van der Waals surface area contributed by atoms with Gasteiger partial charge in [-0.3, -0.25) is 4.79 Å². The maximum absolute atomic E-state index is 12.8. The highest BCUT2D eigenvalue weighted by atomic mass is 16.3. The number of β-amino-alcohol motifs (C(OH)–C–C–N with tert-alkyl or cyclic N) is 1. The molecule has 120 valence electrons. The van der Waals surface area contributed by atoms with Crippen molar-refractivity contribution >= 4 is 5.91 Å². The summed E-state index contributed by atoms with van der Waals surface area (Å²) in [7, 11) is 0. The molecule has 0 aliphatic carbocycles. The summed E-state index contributed by atoms with van der Waals surface area (Å²) in [6, 6.07) is 15.5. The maximum Gasteiger partial charge on any atom is 0.253 e. The zero-order chi connectivity index (χ0) is 16.4. The molecule has 1 amide bonds. The summed E-state index contributed by atoms with van der Waals surface area (Å²) in [5, 5.41) is 11.0. The van der Waals surface area contributed by atoms with Crippen molar-refractivity contribution in [3.8, 4) is 0 Å². The molecule has 2 aromatic rings. The number of hydrogen-bond donors (Lipinski definition) is 1. The molecule has 1 heterocycles. The second-order valence-electron chi connectivity index (χ2n) is 6.53. The Morgan fingerprint density at radius 2 is 1.83 bits per heavy atom. The van der Waals surface area contributed by atoms with Crippen LogP contribution in [0.4, 0.5) is 0 Å². The van der Waals surface area contributed by atoms with E-state index in [0.717, 1.165) is 17.5 Å². The van der Waals surface area contributed by atoms with Crippen molar-refractivity contribution in [2.75, 3.05) is 13.1 Å². The number of rotatable bonds is 2. The quantitative estimate of drug-likeness (QED) is 0.923. The molecule has 0 spiro atoms. The highest BCUT2D eigenvalue weighted by Crippen LogP contribution is 2.32. The molecule has 23 heavy (non-hydrogen) atoms. The van der Waals surface area contributed by atoms with E-state index in [1.54, 1.807) is 4.90 Å². The Kier molecular flexibility index (Phi) is 4.22. The van der Waals surface area contributed by atoms with Crippen LogP contribution in [0, 0.1) is 13.8 Å². The molecule has 2 aromatic carbocycles. The topological polar surface area (TPSA) is 40.5 Å². The van der Waals surface area contributed by atoms with Gasteiger partial charge in [0.15, 0.2) is 0 Å². The predicted molar refractivity (Wildman–Crippen MR) is 91.4 cm³/mol. The number of nitrogens with zero attached hydrogens (tertiary/aromatic N) is 1. The lowest BCUT2D eigenvalue weighted by atomic mass is 9.85. The van der Waals surface area contributed by atoms with E-state index in [4.69, 9.17) is 0 Å². The molecule has 1 fully saturated rings. The van der Waals surface area contributed by atoms with Gasteiger partial charge in [0, 0.05) is 12.1 Å². The van der Waals surface area contributed by atoms with Crippen LogP contribution in [0.15, 0.2) is 48.5 Å². The van der Waals surface area contributed by atoms with Gasteiger partial charge in [0.25, 0.3) is 5.91 Å². The van der Waals surface area contributed by atoms with Crippen molar-refractivity contribution in [3.63, 3.8) is 0 Å². The summed E-state index contributed by atoms with van der Waals surface area (Å²) in [4.78, 5) is 14.6. The number of benzene rings is 2. The lowest BCUT2D eigenvalue weighted by Crippen LogP contribution is -2.48. The Morgan fingerprint density at radius 3 is 2.52 bits per heavy atom. The number of carbonyl (C=O) groups excluding carboxylic acids is 1. The van der Waals surface area contributed by atoms with Gasteiger partial charge in [-0.05, 0) is 55.5 Å². The summed E-state index contributed by atoms with van der Waals surface area (Å²) in [6.45, 7) is 5.10. The number of piperidine rings is 1. The number of aryl methyl sites for hydroxylation is 2. The maximum atomic E-state index is 12.8. The summed E-state index contributed by atoms with van der Waals surface area (Å²) >= 11 is 0. The van der Waals surface area contributed by atoms with Crippen molar-refractivity contribution in [3.05, 3.63) is 70.8 Å². The van der Waals surface area contributed by atoms with Crippen LogP contribution in [0.3, 0.4) is 0 Å². The van der Waals surface area contributed by atoms with Crippen LogP contribution in [0.25, 0.3) is 0 Å². The zero-order valence-corrected chi connectivity index (χ0v) is 13.7. The van der Waals surface area contributed by atoms with Crippen molar-refractivity contribution in [1.82, 2.24) is 4.90 Å². The van der Waals surface area contributed by atoms with E-state index in [-0.39, 0.29) is 5.91 Å². The van der Waals surface area contributed by atoms with Gasteiger partial charge in [-0.15, -0.1) is 0 Å². The number of amides is 1.